The zero-order valence-electron chi connectivity index (χ0n) is 15.2. The summed E-state index contributed by atoms with van der Waals surface area (Å²) in [6.45, 7) is 11.5. The highest BCUT2D eigenvalue weighted by molar-refractivity contribution is 5.67. The highest BCUT2D eigenvalue weighted by Gasteiger charge is 2.19. The molecule has 0 spiro atoms. The molecule has 1 amide bonds. The van der Waals surface area contributed by atoms with E-state index in [-0.39, 0.29) is 12.1 Å². The van der Waals surface area contributed by atoms with Crippen molar-refractivity contribution in [3.8, 4) is 0 Å². The fourth-order valence-corrected chi connectivity index (χ4v) is 2.06. The van der Waals surface area contributed by atoms with Crippen molar-refractivity contribution in [1.29, 1.82) is 0 Å². The molecule has 1 unspecified atom stereocenters. The van der Waals surface area contributed by atoms with Gasteiger partial charge in [-0.05, 0) is 52.3 Å². The van der Waals surface area contributed by atoms with Crippen LogP contribution in [0.25, 0.3) is 0 Å². The molecule has 0 radical (unpaired) electrons. The highest BCUT2D eigenvalue weighted by Crippen LogP contribution is 2.15. The zero-order chi connectivity index (χ0) is 17.5. The number of nitrogens with one attached hydrogen (secondary N) is 1. The summed E-state index contributed by atoms with van der Waals surface area (Å²) in [5, 5.41) is 3.40. The minimum Gasteiger partial charge on any atom is -0.444 e. The van der Waals surface area contributed by atoms with Gasteiger partial charge < -0.3 is 19.7 Å². The Kier molecular flexibility index (Phi) is 7.36. The summed E-state index contributed by atoms with van der Waals surface area (Å²) in [5.74, 6) is 0. The molecule has 0 saturated heterocycles. The second-order valence-electron chi connectivity index (χ2n) is 6.74. The Bertz CT molecular complexity index is 497. The van der Waals surface area contributed by atoms with Crippen molar-refractivity contribution in [2.75, 3.05) is 25.6 Å². The molecule has 0 heterocycles. The lowest BCUT2D eigenvalue weighted by Gasteiger charge is -2.25. The molecule has 1 rings (SSSR count). The van der Waals surface area contributed by atoms with Gasteiger partial charge in [-0.3, -0.25) is 0 Å². The van der Waals surface area contributed by atoms with E-state index in [9.17, 15) is 4.79 Å². The van der Waals surface area contributed by atoms with E-state index in [0.717, 1.165) is 11.3 Å². The molecule has 0 aliphatic heterocycles. The topological polar surface area (TPSA) is 50.8 Å². The molecule has 0 saturated carbocycles. The Labute approximate surface area is 140 Å². The van der Waals surface area contributed by atoms with Crippen molar-refractivity contribution in [1.82, 2.24) is 4.90 Å². The Morgan fingerprint density at radius 1 is 1.35 bits per heavy atom. The van der Waals surface area contributed by atoms with Crippen LogP contribution in [0.2, 0.25) is 0 Å². The smallest absolute Gasteiger partial charge is 0.410 e. The van der Waals surface area contributed by atoms with E-state index in [1.807, 2.05) is 52.0 Å². The van der Waals surface area contributed by atoms with Gasteiger partial charge in [-0.2, -0.15) is 0 Å². The average molecular weight is 322 g/mol. The predicted octanol–water partition coefficient (Wildman–Crippen LogP) is 3.89. The first kappa shape index (κ1) is 19.3. The number of benzene rings is 1. The third-order valence-electron chi connectivity index (χ3n) is 3.04. The standard InChI is InChI=1S/C18H30N2O3/c1-7-22-13-14(2)19-16-10-8-9-15(11-16)12-20(6)17(21)23-18(3,4)5/h8-11,14,19H,7,12-13H2,1-6H3. The molecule has 5 heteroatoms. The summed E-state index contributed by atoms with van der Waals surface area (Å²) in [4.78, 5) is 13.6. The number of nitrogens with zero attached hydrogens (tertiary/aromatic N) is 1. The number of ether oxygens (including phenoxy) is 2. The Morgan fingerprint density at radius 2 is 2.04 bits per heavy atom. The van der Waals surface area contributed by atoms with Crippen LogP contribution < -0.4 is 5.32 Å². The van der Waals surface area contributed by atoms with E-state index >= 15 is 0 Å². The van der Waals surface area contributed by atoms with Crippen molar-refractivity contribution < 1.29 is 14.3 Å². The molecule has 0 fully saturated rings. The molecule has 1 aromatic rings. The van der Waals surface area contributed by atoms with Gasteiger partial charge in [0.25, 0.3) is 0 Å². The van der Waals surface area contributed by atoms with E-state index in [0.29, 0.717) is 19.8 Å². The number of carbonyl (C=O) groups is 1. The van der Waals surface area contributed by atoms with Crippen LogP contribution in [0, 0.1) is 0 Å². The van der Waals surface area contributed by atoms with Gasteiger partial charge in [0.2, 0.25) is 0 Å². The second-order valence-corrected chi connectivity index (χ2v) is 6.74. The summed E-state index contributed by atoms with van der Waals surface area (Å²) in [6.07, 6.45) is -0.319. The van der Waals surface area contributed by atoms with Crippen LogP contribution in [0.3, 0.4) is 0 Å². The summed E-state index contributed by atoms with van der Waals surface area (Å²) in [7, 11) is 1.74. The lowest BCUT2D eigenvalue weighted by molar-refractivity contribution is 0.0285. The lowest BCUT2D eigenvalue weighted by atomic mass is 10.2. The first-order valence-corrected chi connectivity index (χ1v) is 8.08. The van der Waals surface area contributed by atoms with Crippen LogP contribution in [0.4, 0.5) is 10.5 Å². The van der Waals surface area contributed by atoms with Crippen LogP contribution in [-0.2, 0) is 16.0 Å². The van der Waals surface area contributed by atoms with Crippen molar-refractivity contribution in [3.05, 3.63) is 29.8 Å². The predicted molar refractivity (Wildman–Crippen MR) is 93.7 cm³/mol. The Morgan fingerprint density at radius 3 is 2.65 bits per heavy atom. The Balaban J connectivity index is 2.61. The molecule has 0 aliphatic rings. The number of hydrogen-bond acceptors (Lipinski definition) is 4. The monoisotopic (exact) mass is 322 g/mol. The maximum atomic E-state index is 12.0. The summed E-state index contributed by atoms with van der Waals surface area (Å²) >= 11 is 0. The highest BCUT2D eigenvalue weighted by atomic mass is 16.6. The van der Waals surface area contributed by atoms with Crippen LogP contribution in [-0.4, -0.2) is 42.9 Å². The van der Waals surface area contributed by atoms with Crippen molar-refractivity contribution >= 4 is 11.8 Å². The third kappa shape index (κ3) is 7.88. The van der Waals surface area contributed by atoms with Gasteiger partial charge in [0.05, 0.1) is 6.61 Å². The van der Waals surface area contributed by atoms with Gasteiger partial charge >= 0.3 is 6.09 Å². The summed E-state index contributed by atoms with van der Waals surface area (Å²) < 4.78 is 10.8. The number of amides is 1. The Hall–Kier alpha value is -1.75. The van der Waals surface area contributed by atoms with E-state index in [4.69, 9.17) is 9.47 Å². The van der Waals surface area contributed by atoms with Gasteiger partial charge in [0.15, 0.2) is 0 Å². The number of hydrogen-bond donors (Lipinski definition) is 1. The maximum Gasteiger partial charge on any atom is 0.410 e. The van der Waals surface area contributed by atoms with Gasteiger partial charge in [-0.1, -0.05) is 12.1 Å². The molecule has 130 valence electrons. The molecule has 5 nitrogen and oxygen atoms in total. The number of carbonyl (C=O) groups excluding carboxylic acids is 1. The summed E-state index contributed by atoms with van der Waals surface area (Å²) in [6, 6.07) is 8.27. The van der Waals surface area contributed by atoms with Gasteiger partial charge in [0.1, 0.15) is 5.60 Å². The zero-order valence-corrected chi connectivity index (χ0v) is 15.2. The van der Waals surface area contributed by atoms with Crippen molar-refractivity contribution in [2.24, 2.45) is 0 Å². The van der Waals surface area contributed by atoms with E-state index in [2.05, 4.69) is 12.2 Å². The molecule has 1 aromatic carbocycles. The van der Waals surface area contributed by atoms with Crippen molar-refractivity contribution in [3.63, 3.8) is 0 Å². The van der Waals surface area contributed by atoms with Crippen LogP contribution in [0.1, 0.15) is 40.2 Å². The molecule has 1 N–H and O–H groups in total. The fourth-order valence-electron chi connectivity index (χ4n) is 2.06. The van der Waals surface area contributed by atoms with Crippen molar-refractivity contribution in [2.45, 2.75) is 52.8 Å². The van der Waals surface area contributed by atoms with Crippen LogP contribution >= 0.6 is 0 Å². The summed E-state index contributed by atoms with van der Waals surface area (Å²) in [5.41, 5.74) is 1.59. The minimum absolute atomic E-state index is 0.230. The van der Waals surface area contributed by atoms with E-state index in [1.165, 1.54) is 0 Å². The molecule has 23 heavy (non-hydrogen) atoms. The number of rotatable bonds is 7. The van der Waals surface area contributed by atoms with Crippen LogP contribution in [0.5, 0.6) is 0 Å². The van der Waals surface area contributed by atoms with Gasteiger partial charge in [0, 0.05) is 31.9 Å². The second kappa shape index (κ2) is 8.77. The van der Waals surface area contributed by atoms with E-state index < -0.39 is 5.60 Å². The number of anilines is 1. The minimum atomic E-state index is -0.483. The molecule has 1 atom stereocenters. The molecular formula is C18H30N2O3. The third-order valence-corrected chi connectivity index (χ3v) is 3.04. The van der Waals surface area contributed by atoms with E-state index in [1.54, 1.807) is 11.9 Å². The molecule has 0 aliphatic carbocycles. The fraction of sp³-hybridized carbons (Fsp3) is 0.611. The quantitative estimate of drug-likeness (QED) is 0.827. The first-order chi connectivity index (χ1) is 10.7. The normalized spacial score (nSPS) is 12.6. The SMILES string of the molecule is CCOCC(C)Nc1cccc(CN(C)C(=O)OC(C)(C)C)c1. The van der Waals surface area contributed by atoms with Crippen LogP contribution in [0.15, 0.2) is 24.3 Å². The molecule has 0 aromatic heterocycles. The maximum absolute atomic E-state index is 12.0. The van der Waals surface area contributed by atoms with Gasteiger partial charge in [-0.15, -0.1) is 0 Å². The molecular weight excluding hydrogens is 292 g/mol. The lowest BCUT2D eigenvalue weighted by Crippen LogP contribution is -2.33. The van der Waals surface area contributed by atoms with Gasteiger partial charge in [-0.25, -0.2) is 4.79 Å². The average Bonchev–Trinajstić information content (AvgIpc) is 2.43. The first-order valence-electron chi connectivity index (χ1n) is 8.08. The molecule has 0 bridgehead atoms. The largest absolute Gasteiger partial charge is 0.444 e.